The van der Waals surface area contributed by atoms with Crippen molar-refractivity contribution in [3.63, 3.8) is 0 Å². The van der Waals surface area contributed by atoms with Crippen molar-refractivity contribution in [2.24, 2.45) is 5.92 Å². The molecule has 0 spiro atoms. The minimum absolute atomic E-state index is 0.133. The highest BCUT2D eigenvalue weighted by Gasteiger charge is 2.32. The number of hydrogen-bond acceptors (Lipinski definition) is 2. The van der Waals surface area contributed by atoms with Crippen molar-refractivity contribution in [2.45, 2.75) is 19.5 Å². The molecule has 1 N–H and O–H groups in total. The van der Waals surface area contributed by atoms with Gasteiger partial charge in [0.05, 0.1) is 11.3 Å². The lowest BCUT2D eigenvalue weighted by molar-refractivity contribution is -0.137. The summed E-state index contributed by atoms with van der Waals surface area (Å²) in [6.45, 7) is 2.14. The topological polar surface area (TPSA) is 53.4 Å². The number of nitrogens with zero attached hydrogens (tertiary/aromatic N) is 2. The molecular weight excluding hydrogens is 273 g/mol. The first-order chi connectivity index (χ1) is 9.29. The van der Waals surface area contributed by atoms with Crippen LogP contribution in [0.4, 0.5) is 18.0 Å². The van der Waals surface area contributed by atoms with Gasteiger partial charge in [-0.2, -0.15) is 13.2 Å². The van der Waals surface area contributed by atoms with Crippen LogP contribution in [-0.4, -0.2) is 27.6 Å². The molecule has 0 fully saturated rings. The second-order valence-electron chi connectivity index (χ2n) is 4.78. The fraction of sp³-hybridized carbons (Fsp3) is 0.385. The molecule has 0 aliphatic carbocycles. The van der Waals surface area contributed by atoms with Gasteiger partial charge in [-0.1, -0.05) is 13.0 Å². The van der Waals surface area contributed by atoms with E-state index in [1.165, 1.54) is 6.20 Å². The zero-order valence-electron chi connectivity index (χ0n) is 10.7. The van der Waals surface area contributed by atoms with E-state index in [1.54, 1.807) is 6.08 Å². The van der Waals surface area contributed by atoms with Gasteiger partial charge in [0.15, 0.2) is 0 Å². The van der Waals surface area contributed by atoms with E-state index in [9.17, 15) is 18.0 Å². The normalized spacial score (nSPS) is 19.7. The largest absolute Gasteiger partial charge is 0.465 e. The minimum Gasteiger partial charge on any atom is -0.465 e. The van der Waals surface area contributed by atoms with E-state index in [0.29, 0.717) is 6.42 Å². The molecule has 2 rings (SSSR count). The number of alkyl halides is 3. The van der Waals surface area contributed by atoms with E-state index < -0.39 is 17.8 Å². The zero-order chi connectivity index (χ0) is 14.9. The molecule has 1 aliphatic heterocycles. The third-order valence-electron chi connectivity index (χ3n) is 3.09. The standard InChI is InChI=1S/C13H13F3N2O2/c1-8-2-3-11(18(7-8)12(19)20)9-4-10(6-17-5-9)13(14,15)16/h3-6,8H,2,7H2,1H3,(H,19,20). The Bertz CT molecular complexity index is 555. The van der Waals surface area contributed by atoms with Gasteiger partial charge in [-0.3, -0.25) is 9.88 Å². The molecule has 1 aromatic heterocycles. The summed E-state index contributed by atoms with van der Waals surface area (Å²) < 4.78 is 38.0. The maximum Gasteiger partial charge on any atom is 0.417 e. The molecule has 4 nitrogen and oxygen atoms in total. The molecule has 1 aromatic rings. The van der Waals surface area contributed by atoms with Crippen molar-refractivity contribution in [2.75, 3.05) is 6.54 Å². The van der Waals surface area contributed by atoms with Gasteiger partial charge in [-0.25, -0.2) is 4.79 Å². The van der Waals surface area contributed by atoms with Gasteiger partial charge in [0.1, 0.15) is 0 Å². The highest BCUT2D eigenvalue weighted by molar-refractivity contribution is 5.81. The van der Waals surface area contributed by atoms with Crippen molar-refractivity contribution < 1.29 is 23.1 Å². The summed E-state index contributed by atoms with van der Waals surface area (Å²) in [4.78, 5) is 15.8. The third-order valence-corrected chi connectivity index (χ3v) is 3.09. The Morgan fingerprint density at radius 1 is 1.45 bits per heavy atom. The van der Waals surface area contributed by atoms with Crippen LogP contribution < -0.4 is 0 Å². The summed E-state index contributed by atoms with van der Waals surface area (Å²) in [6.07, 6.45) is -1.46. The molecule has 108 valence electrons. The van der Waals surface area contributed by atoms with E-state index in [1.807, 2.05) is 6.92 Å². The zero-order valence-corrected chi connectivity index (χ0v) is 10.7. The monoisotopic (exact) mass is 286 g/mol. The van der Waals surface area contributed by atoms with E-state index in [-0.39, 0.29) is 23.7 Å². The number of carboxylic acid groups (broad SMARTS) is 1. The first-order valence-corrected chi connectivity index (χ1v) is 6.02. The van der Waals surface area contributed by atoms with Gasteiger partial charge < -0.3 is 5.11 Å². The van der Waals surface area contributed by atoms with Gasteiger partial charge in [0.25, 0.3) is 0 Å². The first-order valence-electron chi connectivity index (χ1n) is 6.02. The summed E-state index contributed by atoms with van der Waals surface area (Å²) in [7, 11) is 0. The summed E-state index contributed by atoms with van der Waals surface area (Å²) in [5.74, 6) is 0.133. The average Bonchev–Trinajstić information content (AvgIpc) is 2.37. The van der Waals surface area contributed by atoms with Gasteiger partial charge in [-0.05, 0) is 18.4 Å². The summed E-state index contributed by atoms with van der Waals surface area (Å²) in [5, 5.41) is 9.16. The lowest BCUT2D eigenvalue weighted by atomic mass is 9.99. The fourth-order valence-electron chi connectivity index (χ4n) is 2.10. The molecule has 1 aliphatic rings. The molecule has 2 heterocycles. The maximum atomic E-state index is 12.7. The van der Waals surface area contributed by atoms with Crippen LogP contribution in [0.1, 0.15) is 24.5 Å². The molecule has 1 atom stereocenters. The lowest BCUT2D eigenvalue weighted by Gasteiger charge is -2.30. The van der Waals surface area contributed by atoms with Crippen molar-refractivity contribution in [3.05, 3.63) is 35.7 Å². The second-order valence-corrected chi connectivity index (χ2v) is 4.78. The molecule has 20 heavy (non-hydrogen) atoms. The predicted octanol–water partition coefficient (Wildman–Crippen LogP) is 3.46. The van der Waals surface area contributed by atoms with Gasteiger partial charge in [-0.15, -0.1) is 0 Å². The highest BCUT2D eigenvalue weighted by Crippen LogP contribution is 2.32. The number of aromatic nitrogens is 1. The minimum atomic E-state index is -4.50. The Morgan fingerprint density at radius 3 is 2.75 bits per heavy atom. The molecular formula is C13H13F3N2O2. The summed E-state index contributed by atoms with van der Waals surface area (Å²) in [6, 6.07) is 0.921. The van der Waals surface area contributed by atoms with Gasteiger partial charge >= 0.3 is 12.3 Å². The van der Waals surface area contributed by atoms with Crippen LogP contribution in [-0.2, 0) is 6.18 Å². The average molecular weight is 286 g/mol. The Labute approximate surface area is 113 Å². The molecule has 0 saturated carbocycles. The third kappa shape index (κ3) is 2.92. The van der Waals surface area contributed by atoms with Crippen LogP contribution in [0.3, 0.4) is 0 Å². The van der Waals surface area contributed by atoms with E-state index in [2.05, 4.69) is 4.98 Å². The summed E-state index contributed by atoms with van der Waals surface area (Å²) in [5.41, 5.74) is -0.469. The van der Waals surface area contributed by atoms with Crippen LogP contribution >= 0.6 is 0 Å². The molecule has 0 aromatic carbocycles. The quantitative estimate of drug-likeness (QED) is 0.860. The van der Waals surface area contributed by atoms with Gasteiger partial charge in [0.2, 0.25) is 0 Å². The highest BCUT2D eigenvalue weighted by atomic mass is 19.4. The van der Waals surface area contributed by atoms with Crippen molar-refractivity contribution in [1.29, 1.82) is 0 Å². The number of rotatable bonds is 1. The number of hydrogen-bond donors (Lipinski definition) is 1. The van der Waals surface area contributed by atoms with Crippen LogP contribution in [0.5, 0.6) is 0 Å². The molecule has 1 amide bonds. The lowest BCUT2D eigenvalue weighted by Crippen LogP contribution is -2.34. The Hall–Kier alpha value is -2.05. The maximum absolute atomic E-state index is 12.7. The number of pyridine rings is 1. The molecule has 0 saturated heterocycles. The van der Waals surface area contributed by atoms with Gasteiger partial charge in [0, 0.05) is 24.5 Å². The predicted molar refractivity (Wildman–Crippen MR) is 65.7 cm³/mol. The first kappa shape index (κ1) is 14.4. The van der Waals surface area contributed by atoms with E-state index in [0.717, 1.165) is 17.2 Å². The molecule has 0 radical (unpaired) electrons. The van der Waals surface area contributed by atoms with Crippen LogP contribution in [0, 0.1) is 5.92 Å². The van der Waals surface area contributed by atoms with E-state index >= 15 is 0 Å². The number of carbonyl (C=O) groups is 1. The smallest absolute Gasteiger partial charge is 0.417 e. The number of amides is 1. The van der Waals surface area contributed by atoms with E-state index in [4.69, 9.17) is 5.11 Å². The fourth-order valence-corrected chi connectivity index (χ4v) is 2.10. The van der Waals surface area contributed by atoms with Crippen molar-refractivity contribution in [3.8, 4) is 0 Å². The molecule has 7 heteroatoms. The Morgan fingerprint density at radius 2 is 2.15 bits per heavy atom. The van der Waals surface area contributed by atoms with Crippen LogP contribution in [0.15, 0.2) is 24.5 Å². The molecule has 1 unspecified atom stereocenters. The Kier molecular flexibility index (Phi) is 3.69. The number of allylic oxidation sites excluding steroid dienone is 1. The SMILES string of the molecule is CC1CC=C(c2cncc(C(F)(F)F)c2)N(C(=O)O)C1. The van der Waals surface area contributed by atoms with Crippen molar-refractivity contribution in [1.82, 2.24) is 9.88 Å². The molecule has 0 bridgehead atoms. The van der Waals surface area contributed by atoms with Crippen LogP contribution in [0.25, 0.3) is 5.70 Å². The Balaban J connectivity index is 2.42. The second kappa shape index (κ2) is 5.15. The van der Waals surface area contributed by atoms with Crippen LogP contribution in [0.2, 0.25) is 0 Å². The number of halogens is 3. The summed E-state index contributed by atoms with van der Waals surface area (Å²) >= 11 is 0. The van der Waals surface area contributed by atoms with Crippen molar-refractivity contribution >= 4 is 11.8 Å².